The zero-order valence-electron chi connectivity index (χ0n) is 17.2. The fraction of sp³-hybridized carbons (Fsp3) is 0.409. The van der Waals surface area contributed by atoms with Crippen LogP contribution in [0.15, 0.2) is 30.3 Å². The SMILES string of the molecule is CCc1cccc(C)c1NC(=O)CN(C)Cc1cc(OC)c(OC)cc1C. The van der Waals surface area contributed by atoms with Gasteiger partial charge in [-0.2, -0.15) is 0 Å². The standard InChI is InChI=1S/C22H30N2O3/c1-7-17-10-8-9-15(2)22(17)23-21(25)14-24(4)13-18-12-20(27-6)19(26-5)11-16(18)3/h8-12H,7,13-14H2,1-6H3,(H,23,25). The monoisotopic (exact) mass is 370 g/mol. The summed E-state index contributed by atoms with van der Waals surface area (Å²) in [5.74, 6) is 1.40. The van der Waals surface area contributed by atoms with E-state index in [-0.39, 0.29) is 5.91 Å². The van der Waals surface area contributed by atoms with Gasteiger partial charge in [0.2, 0.25) is 5.91 Å². The number of nitrogens with one attached hydrogen (secondary N) is 1. The zero-order valence-corrected chi connectivity index (χ0v) is 17.2. The smallest absolute Gasteiger partial charge is 0.238 e. The molecule has 1 N–H and O–H groups in total. The lowest BCUT2D eigenvalue weighted by atomic mass is 10.1. The molecular weight excluding hydrogens is 340 g/mol. The molecule has 0 saturated heterocycles. The summed E-state index contributed by atoms with van der Waals surface area (Å²) in [4.78, 5) is 14.5. The van der Waals surface area contributed by atoms with Crippen molar-refractivity contribution in [1.82, 2.24) is 4.90 Å². The maximum atomic E-state index is 12.5. The number of anilines is 1. The molecule has 0 saturated carbocycles. The van der Waals surface area contributed by atoms with E-state index in [4.69, 9.17) is 9.47 Å². The van der Waals surface area contributed by atoms with E-state index in [2.05, 4.69) is 18.3 Å². The molecule has 0 spiro atoms. The van der Waals surface area contributed by atoms with Crippen LogP contribution < -0.4 is 14.8 Å². The fourth-order valence-corrected chi connectivity index (χ4v) is 3.17. The van der Waals surface area contributed by atoms with Gasteiger partial charge in [-0.3, -0.25) is 9.69 Å². The summed E-state index contributed by atoms with van der Waals surface area (Å²) in [5.41, 5.74) is 5.38. The minimum atomic E-state index is -0.0142. The summed E-state index contributed by atoms with van der Waals surface area (Å²) >= 11 is 0. The summed E-state index contributed by atoms with van der Waals surface area (Å²) in [5, 5.41) is 3.08. The van der Waals surface area contributed by atoms with Crippen LogP contribution in [0.4, 0.5) is 5.69 Å². The third kappa shape index (κ3) is 5.23. The third-order valence-electron chi connectivity index (χ3n) is 4.70. The first-order valence-electron chi connectivity index (χ1n) is 9.18. The average molecular weight is 370 g/mol. The van der Waals surface area contributed by atoms with Gasteiger partial charge in [0.05, 0.1) is 20.8 Å². The quantitative estimate of drug-likeness (QED) is 0.764. The number of amides is 1. The van der Waals surface area contributed by atoms with Gasteiger partial charge >= 0.3 is 0 Å². The summed E-state index contributed by atoms with van der Waals surface area (Å²) in [6.45, 7) is 7.10. The Morgan fingerprint density at radius 3 is 2.33 bits per heavy atom. The zero-order chi connectivity index (χ0) is 20.0. The van der Waals surface area contributed by atoms with Crippen LogP contribution in [0.25, 0.3) is 0 Å². The van der Waals surface area contributed by atoms with Crippen molar-refractivity contribution in [2.75, 3.05) is 33.1 Å². The number of para-hydroxylation sites is 1. The molecule has 2 aromatic rings. The molecule has 5 heteroatoms. The van der Waals surface area contributed by atoms with E-state index >= 15 is 0 Å². The maximum absolute atomic E-state index is 12.5. The molecule has 5 nitrogen and oxygen atoms in total. The van der Waals surface area contributed by atoms with Crippen LogP contribution in [0.3, 0.4) is 0 Å². The normalized spacial score (nSPS) is 10.8. The molecule has 0 aliphatic rings. The number of benzene rings is 2. The van der Waals surface area contributed by atoms with Crippen molar-refractivity contribution >= 4 is 11.6 Å². The molecule has 146 valence electrons. The first-order valence-corrected chi connectivity index (χ1v) is 9.18. The van der Waals surface area contributed by atoms with E-state index in [9.17, 15) is 4.79 Å². The van der Waals surface area contributed by atoms with Crippen LogP contribution in [0.1, 0.15) is 29.2 Å². The molecule has 27 heavy (non-hydrogen) atoms. The van der Waals surface area contributed by atoms with Crippen molar-refractivity contribution in [1.29, 1.82) is 0 Å². The predicted molar refractivity (Wildman–Crippen MR) is 110 cm³/mol. The molecule has 0 aromatic heterocycles. The Hall–Kier alpha value is -2.53. The summed E-state index contributed by atoms with van der Waals surface area (Å²) < 4.78 is 10.7. The number of hydrogen-bond acceptors (Lipinski definition) is 4. The minimum absolute atomic E-state index is 0.0142. The lowest BCUT2D eigenvalue weighted by molar-refractivity contribution is -0.117. The van der Waals surface area contributed by atoms with Crippen LogP contribution in [0.5, 0.6) is 11.5 Å². The van der Waals surface area contributed by atoms with Crippen LogP contribution >= 0.6 is 0 Å². The Kier molecular flexibility index (Phi) is 7.25. The highest BCUT2D eigenvalue weighted by Crippen LogP contribution is 2.30. The molecule has 2 aromatic carbocycles. The molecule has 0 bridgehead atoms. The predicted octanol–water partition coefficient (Wildman–Crippen LogP) is 3.95. The van der Waals surface area contributed by atoms with Crippen molar-refractivity contribution in [3.63, 3.8) is 0 Å². The van der Waals surface area contributed by atoms with Gasteiger partial charge in [0.25, 0.3) is 0 Å². The van der Waals surface area contributed by atoms with Crippen LogP contribution in [0, 0.1) is 13.8 Å². The van der Waals surface area contributed by atoms with Crippen molar-refractivity contribution < 1.29 is 14.3 Å². The molecule has 2 rings (SSSR count). The molecule has 0 atom stereocenters. The lowest BCUT2D eigenvalue weighted by Gasteiger charge is -2.20. The van der Waals surface area contributed by atoms with E-state index in [0.29, 0.717) is 24.6 Å². The summed E-state index contributed by atoms with van der Waals surface area (Å²) in [6.07, 6.45) is 0.887. The number of ether oxygens (including phenoxy) is 2. The van der Waals surface area contributed by atoms with Crippen LogP contribution in [-0.2, 0) is 17.8 Å². The van der Waals surface area contributed by atoms with Gasteiger partial charge in [-0.05, 0) is 61.7 Å². The van der Waals surface area contributed by atoms with Gasteiger partial charge in [0.1, 0.15) is 0 Å². The largest absolute Gasteiger partial charge is 0.493 e. The number of nitrogens with zero attached hydrogens (tertiary/aromatic N) is 1. The Labute approximate surface area is 162 Å². The molecule has 0 fully saturated rings. The van der Waals surface area contributed by atoms with Crippen molar-refractivity contribution in [2.24, 2.45) is 0 Å². The summed E-state index contributed by atoms with van der Waals surface area (Å²) in [6, 6.07) is 10.0. The molecule has 1 amide bonds. The van der Waals surface area contributed by atoms with E-state index in [1.807, 2.05) is 50.1 Å². The number of carbonyl (C=O) groups excluding carboxylic acids is 1. The minimum Gasteiger partial charge on any atom is -0.493 e. The second kappa shape index (κ2) is 9.42. The topological polar surface area (TPSA) is 50.8 Å². The van der Waals surface area contributed by atoms with Crippen molar-refractivity contribution in [3.8, 4) is 11.5 Å². The van der Waals surface area contributed by atoms with Gasteiger partial charge in [-0.25, -0.2) is 0 Å². The third-order valence-corrected chi connectivity index (χ3v) is 4.70. The number of methoxy groups -OCH3 is 2. The Bertz CT molecular complexity index is 802. The number of aryl methyl sites for hydroxylation is 3. The van der Waals surface area contributed by atoms with E-state index in [1.165, 1.54) is 0 Å². The fourth-order valence-electron chi connectivity index (χ4n) is 3.17. The first-order chi connectivity index (χ1) is 12.9. The van der Waals surface area contributed by atoms with Crippen molar-refractivity contribution in [3.05, 3.63) is 52.6 Å². The number of carbonyl (C=O) groups is 1. The Balaban J connectivity index is 2.06. The highest BCUT2D eigenvalue weighted by atomic mass is 16.5. The van der Waals surface area contributed by atoms with E-state index in [0.717, 1.165) is 34.4 Å². The van der Waals surface area contributed by atoms with E-state index < -0.39 is 0 Å². The van der Waals surface area contributed by atoms with Gasteiger partial charge in [0, 0.05) is 12.2 Å². The maximum Gasteiger partial charge on any atom is 0.238 e. The number of hydrogen-bond donors (Lipinski definition) is 1. The van der Waals surface area contributed by atoms with Crippen molar-refractivity contribution in [2.45, 2.75) is 33.7 Å². The highest BCUT2D eigenvalue weighted by Gasteiger charge is 2.14. The molecular formula is C22H30N2O3. The first kappa shape index (κ1) is 20.8. The molecule has 0 unspecified atom stereocenters. The number of rotatable bonds is 8. The van der Waals surface area contributed by atoms with Gasteiger partial charge < -0.3 is 14.8 Å². The summed E-state index contributed by atoms with van der Waals surface area (Å²) in [7, 11) is 5.19. The van der Waals surface area contributed by atoms with Gasteiger partial charge in [-0.15, -0.1) is 0 Å². The molecule has 0 aliphatic carbocycles. The highest BCUT2D eigenvalue weighted by molar-refractivity contribution is 5.93. The van der Waals surface area contributed by atoms with Crippen LogP contribution in [0.2, 0.25) is 0 Å². The van der Waals surface area contributed by atoms with E-state index in [1.54, 1.807) is 14.2 Å². The Morgan fingerprint density at radius 1 is 1.04 bits per heavy atom. The number of likely N-dealkylation sites (N-methyl/N-ethyl adjacent to an activating group) is 1. The lowest BCUT2D eigenvalue weighted by Crippen LogP contribution is -2.30. The van der Waals surface area contributed by atoms with Gasteiger partial charge in [-0.1, -0.05) is 25.1 Å². The molecule has 0 aliphatic heterocycles. The van der Waals surface area contributed by atoms with Gasteiger partial charge in [0.15, 0.2) is 11.5 Å². The second-order valence-corrected chi connectivity index (χ2v) is 6.82. The molecule has 0 heterocycles. The second-order valence-electron chi connectivity index (χ2n) is 6.82. The average Bonchev–Trinajstić information content (AvgIpc) is 2.64. The Morgan fingerprint density at radius 2 is 1.70 bits per heavy atom. The molecule has 0 radical (unpaired) electrons. The van der Waals surface area contributed by atoms with Crippen LogP contribution in [-0.4, -0.2) is 38.6 Å².